The minimum absolute atomic E-state index is 0.00936. The predicted octanol–water partition coefficient (Wildman–Crippen LogP) is 2.06. The van der Waals surface area contributed by atoms with Crippen molar-refractivity contribution in [2.45, 2.75) is 65.0 Å². The molecule has 1 N–H and O–H groups in total. The van der Waals surface area contributed by atoms with Crippen LogP contribution in [0.3, 0.4) is 0 Å². The van der Waals surface area contributed by atoms with Crippen molar-refractivity contribution >= 4 is 23.7 Å². The van der Waals surface area contributed by atoms with Crippen molar-refractivity contribution in [1.82, 2.24) is 0 Å². The largest absolute Gasteiger partial charge is 0.458 e. The molecule has 0 aromatic carbocycles. The van der Waals surface area contributed by atoms with E-state index < -0.39 is 59.4 Å². The maximum Gasteiger partial charge on any atom is 0.334 e. The lowest BCUT2D eigenvalue weighted by atomic mass is 9.77. The summed E-state index contributed by atoms with van der Waals surface area (Å²) < 4.78 is 16.6. The minimum Gasteiger partial charge on any atom is -0.458 e. The molecule has 0 amide bonds. The Kier molecular flexibility index (Phi) is 7.26. The number of ether oxygens (including phenoxy) is 3. The number of hydrogen-bond acceptors (Lipinski definition) is 8. The number of aliphatic hydroxyl groups is 1. The van der Waals surface area contributed by atoms with Crippen LogP contribution in [0.2, 0.25) is 0 Å². The molecule has 8 heteroatoms. The Morgan fingerprint density at radius 2 is 1.90 bits per heavy atom. The molecule has 1 aliphatic carbocycles. The fraction of sp³-hybridized carbons (Fsp3) is 0.565. The molecule has 0 aromatic rings. The maximum atomic E-state index is 12.9. The molecule has 31 heavy (non-hydrogen) atoms. The van der Waals surface area contributed by atoms with Crippen LogP contribution in [0.1, 0.15) is 41.0 Å². The van der Waals surface area contributed by atoms with Crippen molar-refractivity contribution in [3.8, 4) is 0 Å². The zero-order valence-electron chi connectivity index (χ0n) is 18.5. The van der Waals surface area contributed by atoms with E-state index in [2.05, 4.69) is 13.2 Å². The highest BCUT2D eigenvalue weighted by molar-refractivity contribution is 5.98. The Balaban J connectivity index is 2.69. The van der Waals surface area contributed by atoms with E-state index in [0.717, 1.165) is 0 Å². The summed E-state index contributed by atoms with van der Waals surface area (Å²) in [4.78, 5) is 50.1. The molecule has 0 spiro atoms. The lowest BCUT2D eigenvalue weighted by Gasteiger charge is -2.40. The van der Waals surface area contributed by atoms with E-state index in [9.17, 15) is 24.3 Å². The number of carbonyl (C=O) groups is 4. The molecule has 1 fully saturated rings. The van der Waals surface area contributed by atoms with Crippen molar-refractivity contribution in [2.24, 2.45) is 17.8 Å². The smallest absolute Gasteiger partial charge is 0.334 e. The summed E-state index contributed by atoms with van der Waals surface area (Å²) in [5.74, 6) is -4.67. The van der Waals surface area contributed by atoms with Crippen LogP contribution < -0.4 is 0 Å². The van der Waals surface area contributed by atoms with Gasteiger partial charge in [0.1, 0.15) is 6.10 Å². The number of ketones is 1. The third-order valence-electron chi connectivity index (χ3n) is 5.52. The molecule has 1 saturated heterocycles. The molecule has 0 saturated carbocycles. The van der Waals surface area contributed by atoms with Gasteiger partial charge in [0.25, 0.3) is 0 Å². The highest BCUT2D eigenvalue weighted by Crippen LogP contribution is 2.40. The third kappa shape index (κ3) is 5.12. The average Bonchev–Trinajstić information content (AvgIpc) is 2.94. The zero-order valence-corrected chi connectivity index (χ0v) is 18.5. The minimum atomic E-state index is -2.26. The summed E-state index contributed by atoms with van der Waals surface area (Å²) in [6.45, 7) is 14.9. The van der Waals surface area contributed by atoms with E-state index in [1.165, 1.54) is 19.9 Å². The Hall–Kier alpha value is -2.74. The maximum absolute atomic E-state index is 12.9. The molecule has 8 nitrogen and oxygen atoms in total. The Morgan fingerprint density at radius 1 is 1.29 bits per heavy atom. The van der Waals surface area contributed by atoms with Crippen LogP contribution in [0.5, 0.6) is 0 Å². The van der Waals surface area contributed by atoms with Crippen molar-refractivity contribution in [3.05, 3.63) is 36.5 Å². The van der Waals surface area contributed by atoms with Gasteiger partial charge in [0, 0.05) is 11.1 Å². The van der Waals surface area contributed by atoms with Crippen LogP contribution in [0, 0.1) is 17.8 Å². The molecule has 6 atom stereocenters. The van der Waals surface area contributed by atoms with Gasteiger partial charge in [-0.25, -0.2) is 9.59 Å². The number of hydrogen-bond donors (Lipinski definition) is 1. The first-order chi connectivity index (χ1) is 14.3. The van der Waals surface area contributed by atoms with Crippen molar-refractivity contribution in [3.63, 3.8) is 0 Å². The number of allylic oxidation sites excluding steroid dienone is 1. The van der Waals surface area contributed by atoms with Gasteiger partial charge in [-0.2, -0.15) is 0 Å². The molecule has 1 unspecified atom stereocenters. The first kappa shape index (κ1) is 24.5. The van der Waals surface area contributed by atoms with E-state index in [-0.39, 0.29) is 17.1 Å². The number of fused-ring (bicyclic) bond motifs is 1. The number of esters is 3. The van der Waals surface area contributed by atoms with E-state index in [1.807, 2.05) is 6.92 Å². The van der Waals surface area contributed by atoms with Crippen molar-refractivity contribution < 1.29 is 38.5 Å². The quantitative estimate of drug-likeness (QED) is 0.406. The van der Waals surface area contributed by atoms with Gasteiger partial charge < -0.3 is 19.3 Å². The van der Waals surface area contributed by atoms with E-state index >= 15 is 0 Å². The van der Waals surface area contributed by atoms with Gasteiger partial charge in [-0.3, -0.25) is 9.59 Å². The molecule has 2 rings (SSSR count). The van der Waals surface area contributed by atoms with Crippen LogP contribution in [-0.2, 0) is 33.4 Å². The molecular weight excluding hydrogens is 404 g/mol. The molecule has 0 radical (unpaired) electrons. The first-order valence-corrected chi connectivity index (χ1v) is 10.2. The fourth-order valence-corrected chi connectivity index (χ4v) is 3.57. The SMILES string of the molecule is C=C(C)C(=O)O[C@H]1[C@H]2C(=C)C(=O)O[C@@H]2C[C@@H](C)/C=C\C(=O)C(C)(O)[C@@H]1OC(=O)C(C)C. The molecular formula is C23H30O8. The zero-order chi connectivity index (χ0) is 23.7. The normalized spacial score (nSPS) is 34.5. The van der Waals surface area contributed by atoms with Gasteiger partial charge in [0.05, 0.1) is 11.8 Å². The lowest BCUT2D eigenvalue weighted by molar-refractivity contribution is -0.197. The van der Waals surface area contributed by atoms with Gasteiger partial charge >= 0.3 is 17.9 Å². The second kappa shape index (κ2) is 9.18. The average molecular weight is 434 g/mol. The second-order valence-corrected chi connectivity index (χ2v) is 8.74. The van der Waals surface area contributed by atoms with Gasteiger partial charge in [-0.1, -0.05) is 40.0 Å². The summed E-state index contributed by atoms with van der Waals surface area (Å²) in [6.07, 6.45) is -0.683. The highest BCUT2D eigenvalue weighted by Gasteiger charge is 2.56. The summed E-state index contributed by atoms with van der Waals surface area (Å²) in [6, 6.07) is 0. The monoisotopic (exact) mass is 434 g/mol. The van der Waals surface area contributed by atoms with Crippen molar-refractivity contribution in [2.75, 3.05) is 0 Å². The third-order valence-corrected chi connectivity index (χ3v) is 5.52. The summed E-state index contributed by atoms with van der Waals surface area (Å²) >= 11 is 0. The highest BCUT2D eigenvalue weighted by atomic mass is 16.6. The van der Waals surface area contributed by atoms with E-state index in [1.54, 1.807) is 19.9 Å². The number of rotatable bonds is 4. The second-order valence-electron chi connectivity index (χ2n) is 8.74. The molecule has 2 aliphatic rings. The van der Waals surface area contributed by atoms with Gasteiger partial charge in [-0.15, -0.1) is 0 Å². The Bertz CT molecular complexity index is 835. The lowest BCUT2D eigenvalue weighted by Crippen LogP contribution is -2.58. The predicted molar refractivity (Wildman–Crippen MR) is 110 cm³/mol. The van der Waals surface area contributed by atoms with Gasteiger partial charge in [-0.05, 0) is 32.3 Å². The van der Waals surface area contributed by atoms with Crippen LogP contribution in [0.15, 0.2) is 36.5 Å². The van der Waals surface area contributed by atoms with Crippen LogP contribution in [-0.4, -0.2) is 52.7 Å². The van der Waals surface area contributed by atoms with Crippen LogP contribution in [0.4, 0.5) is 0 Å². The van der Waals surface area contributed by atoms with Gasteiger partial charge in [0.2, 0.25) is 0 Å². The Morgan fingerprint density at radius 3 is 2.45 bits per heavy atom. The molecule has 0 aromatic heterocycles. The molecule has 170 valence electrons. The number of carbonyl (C=O) groups excluding carboxylic acids is 4. The van der Waals surface area contributed by atoms with E-state index in [0.29, 0.717) is 6.42 Å². The van der Waals surface area contributed by atoms with E-state index in [4.69, 9.17) is 14.2 Å². The summed E-state index contributed by atoms with van der Waals surface area (Å²) in [5, 5.41) is 11.2. The molecule has 1 heterocycles. The topological polar surface area (TPSA) is 116 Å². The first-order valence-electron chi connectivity index (χ1n) is 10.2. The van der Waals surface area contributed by atoms with Crippen molar-refractivity contribution in [1.29, 1.82) is 0 Å². The molecule has 0 bridgehead atoms. The van der Waals surface area contributed by atoms with Crippen LogP contribution in [0.25, 0.3) is 0 Å². The Labute approximate surface area is 181 Å². The standard InChI is InChI=1S/C23H30O8/c1-11(2)20(25)30-18-17-14(6)22(27)29-15(17)10-13(5)8-9-16(24)23(7,28)19(18)31-21(26)12(3)4/h8-9,12-13,15,17-19,28H,1,6,10H2,2-5,7H3/b9-8-/t13-,15+,17-,18-,19+,23?/m0/s1. The molecule has 1 aliphatic heterocycles. The summed E-state index contributed by atoms with van der Waals surface area (Å²) in [7, 11) is 0. The summed E-state index contributed by atoms with van der Waals surface area (Å²) in [5.41, 5.74) is -2.19. The van der Waals surface area contributed by atoms with Gasteiger partial charge in [0.15, 0.2) is 23.6 Å². The fourth-order valence-electron chi connectivity index (χ4n) is 3.57. The van der Waals surface area contributed by atoms with Crippen LogP contribution >= 0.6 is 0 Å².